The van der Waals surface area contributed by atoms with Crippen molar-refractivity contribution in [3.8, 4) is 0 Å². The summed E-state index contributed by atoms with van der Waals surface area (Å²) in [5.74, 6) is -0.894. The average Bonchev–Trinajstić information content (AvgIpc) is 3.05. The topological polar surface area (TPSA) is 66.5 Å². The molecule has 1 fully saturated rings. The number of thioether (sulfide) groups is 1. The van der Waals surface area contributed by atoms with Crippen molar-refractivity contribution in [3.63, 3.8) is 0 Å². The van der Waals surface area contributed by atoms with Crippen molar-refractivity contribution < 1.29 is 14.4 Å². The minimum atomic E-state index is -0.469. The highest BCUT2D eigenvalue weighted by Gasteiger charge is 2.36. The van der Waals surface area contributed by atoms with E-state index in [0.717, 1.165) is 37.6 Å². The van der Waals surface area contributed by atoms with Crippen molar-refractivity contribution in [2.45, 2.75) is 16.7 Å². The Bertz CT molecular complexity index is 1220. The molecule has 3 aromatic rings. The summed E-state index contributed by atoms with van der Waals surface area (Å²) in [5, 5.41) is 2.94. The Morgan fingerprint density at radius 1 is 0.970 bits per heavy atom. The standard InChI is InChI=1S/C25H19ClN2O3S2/c1-16-2-8-19(9-3-16)27-23(29)15-28-24(30)22(33-25(28)31)14-17-4-10-20(11-5-17)32-21-12-6-18(26)7-13-21/h2-14H,15H2,1H3,(H,27,29)/b22-14-. The molecule has 1 aliphatic rings. The second-order valence-corrected chi connectivity index (χ2v) is 9.88. The van der Waals surface area contributed by atoms with E-state index < -0.39 is 17.1 Å². The molecule has 0 aromatic heterocycles. The van der Waals surface area contributed by atoms with Gasteiger partial charge < -0.3 is 5.32 Å². The van der Waals surface area contributed by atoms with Crippen LogP contribution in [0.25, 0.3) is 6.08 Å². The van der Waals surface area contributed by atoms with E-state index in [1.807, 2.05) is 67.6 Å². The van der Waals surface area contributed by atoms with E-state index in [4.69, 9.17) is 11.6 Å². The van der Waals surface area contributed by atoms with Gasteiger partial charge in [0.2, 0.25) is 5.91 Å². The first-order valence-corrected chi connectivity index (χ1v) is 12.0. The van der Waals surface area contributed by atoms with Gasteiger partial charge in [-0.2, -0.15) is 0 Å². The minimum absolute atomic E-state index is 0.293. The van der Waals surface area contributed by atoms with E-state index in [9.17, 15) is 14.4 Å². The largest absolute Gasteiger partial charge is 0.325 e. The minimum Gasteiger partial charge on any atom is -0.325 e. The van der Waals surface area contributed by atoms with Crippen LogP contribution in [-0.4, -0.2) is 28.5 Å². The first-order valence-electron chi connectivity index (χ1n) is 10.0. The molecule has 4 rings (SSSR count). The third kappa shape index (κ3) is 6.07. The molecule has 3 aromatic carbocycles. The molecule has 1 heterocycles. The number of aryl methyl sites for hydroxylation is 1. The van der Waals surface area contributed by atoms with Crippen molar-refractivity contribution in [3.05, 3.63) is 93.9 Å². The number of hydrogen-bond donors (Lipinski definition) is 1. The van der Waals surface area contributed by atoms with Crippen molar-refractivity contribution >= 4 is 63.9 Å². The maximum atomic E-state index is 12.7. The predicted molar refractivity (Wildman–Crippen MR) is 135 cm³/mol. The highest BCUT2D eigenvalue weighted by atomic mass is 35.5. The number of anilines is 1. The molecule has 0 aliphatic carbocycles. The number of nitrogens with one attached hydrogen (secondary N) is 1. The Morgan fingerprint density at radius 3 is 2.21 bits per heavy atom. The van der Waals surface area contributed by atoms with E-state index >= 15 is 0 Å². The summed E-state index contributed by atoms with van der Waals surface area (Å²) in [6.07, 6.45) is 1.67. The zero-order chi connectivity index (χ0) is 23.4. The van der Waals surface area contributed by atoms with Gasteiger partial charge in [-0.25, -0.2) is 0 Å². The Hall–Kier alpha value is -3.00. The molecule has 0 spiro atoms. The molecule has 5 nitrogen and oxygen atoms in total. The van der Waals surface area contributed by atoms with Crippen LogP contribution in [0.3, 0.4) is 0 Å². The van der Waals surface area contributed by atoms with Crippen molar-refractivity contribution in [2.24, 2.45) is 0 Å². The number of rotatable bonds is 6. The average molecular weight is 495 g/mol. The maximum absolute atomic E-state index is 12.7. The molecule has 8 heteroatoms. The highest BCUT2D eigenvalue weighted by molar-refractivity contribution is 8.18. The molecule has 0 radical (unpaired) electrons. The second kappa shape index (κ2) is 10.3. The van der Waals surface area contributed by atoms with Gasteiger partial charge in [-0.3, -0.25) is 19.3 Å². The summed E-state index contributed by atoms with van der Waals surface area (Å²) in [6.45, 7) is 1.62. The SMILES string of the molecule is Cc1ccc(NC(=O)CN2C(=O)S/C(=C\c3ccc(Sc4ccc(Cl)cc4)cc3)C2=O)cc1. The van der Waals surface area contributed by atoms with Crippen molar-refractivity contribution in [1.29, 1.82) is 0 Å². The molecule has 0 unspecified atom stereocenters. The Balaban J connectivity index is 1.39. The quantitative estimate of drug-likeness (QED) is 0.397. The first kappa shape index (κ1) is 23.2. The summed E-state index contributed by atoms with van der Waals surface area (Å²) >= 11 is 8.36. The number of imide groups is 1. The Kier molecular flexibility index (Phi) is 7.23. The number of halogens is 1. The smallest absolute Gasteiger partial charge is 0.294 e. The molecule has 0 bridgehead atoms. The number of carbonyl (C=O) groups excluding carboxylic acids is 3. The van der Waals surface area contributed by atoms with Crippen molar-refractivity contribution in [2.75, 3.05) is 11.9 Å². The first-order chi connectivity index (χ1) is 15.9. The lowest BCUT2D eigenvalue weighted by molar-refractivity contribution is -0.127. The fourth-order valence-corrected chi connectivity index (χ4v) is 4.82. The van der Waals surface area contributed by atoms with Crippen LogP contribution < -0.4 is 5.32 Å². The van der Waals surface area contributed by atoms with Crippen molar-refractivity contribution in [1.82, 2.24) is 4.90 Å². The van der Waals surface area contributed by atoms with Gasteiger partial charge >= 0.3 is 0 Å². The van der Waals surface area contributed by atoms with Crippen LogP contribution in [0, 0.1) is 6.92 Å². The normalized spacial score (nSPS) is 14.7. The summed E-state index contributed by atoms with van der Waals surface area (Å²) in [5.41, 5.74) is 2.48. The van der Waals surface area contributed by atoms with Crippen LogP contribution >= 0.6 is 35.1 Å². The summed E-state index contributed by atoms with van der Waals surface area (Å²) in [7, 11) is 0. The van der Waals surface area contributed by atoms with Gasteiger partial charge in [0.05, 0.1) is 4.91 Å². The molecule has 3 amide bonds. The van der Waals surface area contributed by atoms with Gasteiger partial charge in [0.15, 0.2) is 0 Å². The van der Waals surface area contributed by atoms with Crippen LogP contribution in [0.15, 0.2) is 87.5 Å². The van der Waals surface area contributed by atoms with E-state index in [-0.39, 0.29) is 6.54 Å². The number of carbonyl (C=O) groups is 3. The van der Waals surface area contributed by atoms with E-state index in [1.165, 1.54) is 0 Å². The van der Waals surface area contributed by atoms with Gasteiger partial charge in [0.25, 0.3) is 11.1 Å². The summed E-state index contributed by atoms with van der Waals surface area (Å²) in [4.78, 5) is 40.7. The maximum Gasteiger partial charge on any atom is 0.294 e. The van der Waals surface area contributed by atoms with Crippen LogP contribution in [0.2, 0.25) is 5.02 Å². The molecule has 1 N–H and O–H groups in total. The van der Waals surface area contributed by atoms with Gasteiger partial charge in [-0.1, -0.05) is 53.2 Å². The number of hydrogen-bond acceptors (Lipinski definition) is 5. The molecule has 1 aliphatic heterocycles. The molecule has 0 saturated carbocycles. The summed E-state index contributed by atoms with van der Waals surface area (Å²) < 4.78 is 0. The molecule has 1 saturated heterocycles. The summed E-state index contributed by atoms with van der Waals surface area (Å²) in [6, 6.07) is 22.5. The molecule has 0 atom stereocenters. The lowest BCUT2D eigenvalue weighted by Gasteiger charge is -2.12. The van der Waals surface area contributed by atoms with Crippen LogP contribution in [0.5, 0.6) is 0 Å². The van der Waals surface area contributed by atoms with Gasteiger partial charge in [0, 0.05) is 20.5 Å². The molecule has 33 heavy (non-hydrogen) atoms. The number of amides is 3. The number of nitrogens with zero attached hydrogens (tertiary/aromatic N) is 1. The zero-order valence-corrected chi connectivity index (χ0v) is 20.0. The lowest BCUT2D eigenvalue weighted by Crippen LogP contribution is -2.36. The number of benzene rings is 3. The fraction of sp³-hybridized carbons (Fsp3) is 0.0800. The van der Waals surface area contributed by atoms with Crippen LogP contribution in [0.1, 0.15) is 11.1 Å². The third-order valence-electron chi connectivity index (χ3n) is 4.74. The van der Waals surface area contributed by atoms with Gasteiger partial charge in [-0.15, -0.1) is 0 Å². The van der Waals surface area contributed by atoms with E-state index in [0.29, 0.717) is 15.6 Å². The third-order valence-corrected chi connectivity index (χ3v) is 6.91. The van der Waals surface area contributed by atoms with E-state index in [1.54, 1.807) is 30.0 Å². The zero-order valence-electron chi connectivity index (χ0n) is 17.6. The molecule has 166 valence electrons. The Morgan fingerprint density at radius 2 is 1.58 bits per heavy atom. The van der Waals surface area contributed by atoms with Gasteiger partial charge in [-0.05, 0) is 78.9 Å². The van der Waals surface area contributed by atoms with E-state index in [2.05, 4.69) is 5.32 Å². The Labute approximate surface area is 205 Å². The molecular weight excluding hydrogens is 476 g/mol. The van der Waals surface area contributed by atoms with Crippen LogP contribution in [-0.2, 0) is 9.59 Å². The fourth-order valence-electron chi connectivity index (χ4n) is 3.04. The lowest BCUT2D eigenvalue weighted by atomic mass is 10.2. The predicted octanol–water partition coefficient (Wildman–Crippen LogP) is 6.47. The second-order valence-electron chi connectivity index (χ2n) is 7.31. The monoisotopic (exact) mass is 494 g/mol. The molecular formula is C25H19ClN2O3S2. The highest BCUT2D eigenvalue weighted by Crippen LogP contribution is 2.33. The van der Waals surface area contributed by atoms with Gasteiger partial charge in [0.1, 0.15) is 6.54 Å². The van der Waals surface area contributed by atoms with Crippen LogP contribution in [0.4, 0.5) is 10.5 Å².